The van der Waals surface area contributed by atoms with Crippen LogP contribution in [0.3, 0.4) is 0 Å². The van der Waals surface area contributed by atoms with Crippen molar-refractivity contribution in [2.45, 2.75) is 19.6 Å². The quantitative estimate of drug-likeness (QED) is 0.307. The molecule has 2 heterocycles. The summed E-state index contributed by atoms with van der Waals surface area (Å²) in [5.41, 5.74) is 12.1. The van der Waals surface area contributed by atoms with Gasteiger partial charge in [-0.15, -0.1) is 0 Å². The minimum atomic E-state index is 0.538. The van der Waals surface area contributed by atoms with Gasteiger partial charge in [-0.25, -0.2) is 9.97 Å². The first-order chi connectivity index (χ1) is 16.3. The maximum atomic E-state index is 5.88. The van der Waals surface area contributed by atoms with Gasteiger partial charge in [-0.05, 0) is 47.0 Å². The first-order valence-corrected chi connectivity index (χ1v) is 10.9. The molecule has 33 heavy (non-hydrogen) atoms. The third-order valence-corrected chi connectivity index (χ3v) is 5.47. The van der Waals surface area contributed by atoms with Gasteiger partial charge in [0.25, 0.3) is 0 Å². The summed E-state index contributed by atoms with van der Waals surface area (Å²) in [6.07, 6.45) is 2.34. The second-order valence-corrected chi connectivity index (χ2v) is 7.90. The van der Waals surface area contributed by atoms with Gasteiger partial charge in [-0.2, -0.15) is 0 Å². The van der Waals surface area contributed by atoms with Gasteiger partial charge in [-0.1, -0.05) is 54.6 Å². The number of hydrogen-bond acceptors (Lipinski definition) is 5. The molecule has 0 aliphatic rings. The highest BCUT2D eigenvalue weighted by Gasteiger charge is 2.09. The molecule has 5 rings (SSSR count). The van der Waals surface area contributed by atoms with Crippen LogP contribution in [-0.2, 0) is 19.6 Å². The summed E-state index contributed by atoms with van der Waals surface area (Å²) < 4.78 is 5.88. The second kappa shape index (κ2) is 9.54. The predicted molar refractivity (Wildman–Crippen MR) is 132 cm³/mol. The van der Waals surface area contributed by atoms with E-state index in [-0.39, 0.29) is 0 Å². The molecule has 2 aromatic heterocycles. The zero-order valence-corrected chi connectivity index (χ0v) is 18.2. The maximum Gasteiger partial charge on any atom is 0.143 e. The number of aromatic amines is 1. The SMILES string of the molecule is NCc1cccc(Cc2cc3c(Nc4ccc(OCc5ccccc5)cc4)ncnc3[nH]2)c1. The van der Waals surface area contributed by atoms with Crippen molar-refractivity contribution < 1.29 is 4.74 Å². The molecule has 0 unspecified atom stereocenters. The number of H-pyrrole nitrogens is 1. The fraction of sp³-hybridized carbons (Fsp3) is 0.111. The van der Waals surface area contributed by atoms with E-state index in [9.17, 15) is 0 Å². The number of aromatic nitrogens is 3. The summed E-state index contributed by atoms with van der Waals surface area (Å²) in [4.78, 5) is 12.3. The molecule has 0 aliphatic carbocycles. The normalized spacial score (nSPS) is 10.9. The molecular formula is C27H25N5O. The van der Waals surface area contributed by atoms with Crippen molar-refractivity contribution in [2.75, 3.05) is 5.32 Å². The maximum absolute atomic E-state index is 5.88. The third kappa shape index (κ3) is 5.02. The second-order valence-electron chi connectivity index (χ2n) is 7.90. The van der Waals surface area contributed by atoms with Crippen LogP contribution >= 0.6 is 0 Å². The van der Waals surface area contributed by atoms with Crippen molar-refractivity contribution in [1.29, 1.82) is 0 Å². The molecule has 0 spiro atoms. The van der Waals surface area contributed by atoms with Crippen molar-refractivity contribution in [1.82, 2.24) is 15.0 Å². The van der Waals surface area contributed by atoms with Crippen molar-refractivity contribution >= 4 is 22.5 Å². The van der Waals surface area contributed by atoms with E-state index in [1.165, 1.54) is 5.56 Å². The van der Waals surface area contributed by atoms with Crippen LogP contribution in [0.15, 0.2) is 91.3 Å². The minimum Gasteiger partial charge on any atom is -0.489 e. The van der Waals surface area contributed by atoms with E-state index in [0.717, 1.165) is 51.5 Å². The molecule has 164 valence electrons. The smallest absolute Gasteiger partial charge is 0.143 e. The summed E-state index contributed by atoms with van der Waals surface area (Å²) in [6.45, 7) is 1.08. The van der Waals surface area contributed by atoms with E-state index in [1.807, 2.05) is 54.6 Å². The van der Waals surface area contributed by atoms with Crippen LogP contribution in [0.25, 0.3) is 11.0 Å². The van der Waals surface area contributed by atoms with E-state index >= 15 is 0 Å². The van der Waals surface area contributed by atoms with Crippen LogP contribution in [0.2, 0.25) is 0 Å². The third-order valence-electron chi connectivity index (χ3n) is 5.47. The lowest BCUT2D eigenvalue weighted by molar-refractivity contribution is 0.306. The molecule has 6 heteroatoms. The molecule has 5 aromatic rings. The van der Waals surface area contributed by atoms with Crippen LogP contribution in [-0.4, -0.2) is 15.0 Å². The number of fused-ring (bicyclic) bond motifs is 1. The number of anilines is 2. The lowest BCUT2D eigenvalue weighted by atomic mass is 10.1. The topological polar surface area (TPSA) is 88.8 Å². The van der Waals surface area contributed by atoms with Crippen molar-refractivity contribution in [3.8, 4) is 5.75 Å². The highest BCUT2D eigenvalue weighted by Crippen LogP contribution is 2.26. The zero-order chi connectivity index (χ0) is 22.5. The van der Waals surface area contributed by atoms with E-state index in [0.29, 0.717) is 13.2 Å². The minimum absolute atomic E-state index is 0.538. The fourth-order valence-electron chi connectivity index (χ4n) is 3.79. The zero-order valence-electron chi connectivity index (χ0n) is 18.2. The Morgan fingerprint density at radius 1 is 0.818 bits per heavy atom. The summed E-state index contributed by atoms with van der Waals surface area (Å²) in [5, 5.41) is 4.35. The fourth-order valence-corrected chi connectivity index (χ4v) is 3.79. The highest BCUT2D eigenvalue weighted by atomic mass is 16.5. The number of benzene rings is 3. The van der Waals surface area contributed by atoms with Gasteiger partial charge in [0.15, 0.2) is 0 Å². The molecule has 0 radical (unpaired) electrons. The number of ether oxygens (including phenoxy) is 1. The predicted octanol–water partition coefficient (Wildman–Crippen LogP) is 5.33. The van der Waals surface area contributed by atoms with E-state index in [4.69, 9.17) is 10.5 Å². The Hall–Kier alpha value is -4.16. The average Bonchev–Trinajstić information content (AvgIpc) is 3.28. The van der Waals surface area contributed by atoms with E-state index in [2.05, 4.69) is 50.6 Å². The lowest BCUT2D eigenvalue weighted by Gasteiger charge is -2.09. The highest BCUT2D eigenvalue weighted by molar-refractivity contribution is 5.89. The largest absolute Gasteiger partial charge is 0.489 e. The number of nitrogens with one attached hydrogen (secondary N) is 2. The Bertz CT molecular complexity index is 1350. The molecular weight excluding hydrogens is 410 g/mol. The number of hydrogen-bond donors (Lipinski definition) is 3. The van der Waals surface area contributed by atoms with Gasteiger partial charge in [0, 0.05) is 24.3 Å². The molecule has 6 nitrogen and oxygen atoms in total. The molecule has 0 saturated heterocycles. The molecule has 0 atom stereocenters. The first kappa shape index (κ1) is 20.7. The Morgan fingerprint density at radius 2 is 1.61 bits per heavy atom. The molecule has 0 fully saturated rings. The van der Waals surface area contributed by atoms with Crippen LogP contribution < -0.4 is 15.8 Å². The Balaban J connectivity index is 1.29. The van der Waals surface area contributed by atoms with Gasteiger partial charge < -0.3 is 20.8 Å². The van der Waals surface area contributed by atoms with Crippen LogP contribution in [0, 0.1) is 0 Å². The summed E-state index contributed by atoms with van der Waals surface area (Å²) in [6, 6.07) is 28.4. The van der Waals surface area contributed by atoms with Crippen molar-refractivity contribution in [2.24, 2.45) is 5.73 Å². The summed E-state index contributed by atoms with van der Waals surface area (Å²) >= 11 is 0. The Kier molecular flexibility index (Phi) is 5.99. The monoisotopic (exact) mass is 435 g/mol. The summed E-state index contributed by atoms with van der Waals surface area (Å²) in [5.74, 6) is 1.58. The van der Waals surface area contributed by atoms with Gasteiger partial charge in [0.2, 0.25) is 0 Å². The van der Waals surface area contributed by atoms with E-state index < -0.39 is 0 Å². The van der Waals surface area contributed by atoms with Crippen LogP contribution in [0.5, 0.6) is 5.75 Å². The molecule has 4 N–H and O–H groups in total. The number of nitrogens with two attached hydrogens (primary N) is 1. The van der Waals surface area contributed by atoms with Crippen LogP contribution in [0.4, 0.5) is 11.5 Å². The van der Waals surface area contributed by atoms with Gasteiger partial charge in [0.05, 0.1) is 5.39 Å². The Morgan fingerprint density at radius 3 is 2.42 bits per heavy atom. The summed E-state index contributed by atoms with van der Waals surface area (Å²) in [7, 11) is 0. The molecule has 0 aliphatic heterocycles. The molecule has 3 aromatic carbocycles. The van der Waals surface area contributed by atoms with E-state index in [1.54, 1.807) is 6.33 Å². The number of nitrogens with zero attached hydrogens (tertiary/aromatic N) is 2. The molecule has 0 bridgehead atoms. The van der Waals surface area contributed by atoms with Crippen LogP contribution in [0.1, 0.15) is 22.4 Å². The number of rotatable bonds is 8. The van der Waals surface area contributed by atoms with Gasteiger partial charge in [0.1, 0.15) is 30.1 Å². The first-order valence-electron chi connectivity index (χ1n) is 10.9. The Labute approximate surface area is 192 Å². The lowest BCUT2D eigenvalue weighted by Crippen LogP contribution is -1.97. The van der Waals surface area contributed by atoms with Gasteiger partial charge in [-0.3, -0.25) is 0 Å². The van der Waals surface area contributed by atoms with Crippen molar-refractivity contribution in [3.05, 3.63) is 114 Å². The standard InChI is InChI=1S/C27H25N5O/c28-16-21-8-4-7-20(13-21)14-23-15-25-26(29-18-30-27(25)32-23)31-22-9-11-24(12-10-22)33-17-19-5-2-1-3-6-19/h1-13,15,18H,14,16-17,28H2,(H2,29,30,31,32). The molecule has 0 amide bonds. The molecule has 0 saturated carbocycles. The average molecular weight is 436 g/mol. The van der Waals surface area contributed by atoms with Crippen molar-refractivity contribution in [3.63, 3.8) is 0 Å². The van der Waals surface area contributed by atoms with Gasteiger partial charge >= 0.3 is 0 Å².